The van der Waals surface area contributed by atoms with E-state index in [0.717, 1.165) is 39.8 Å². The van der Waals surface area contributed by atoms with Crippen molar-refractivity contribution in [3.8, 4) is 0 Å². The molecule has 1 amide bonds. The van der Waals surface area contributed by atoms with Gasteiger partial charge in [0.25, 0.3) is 15.9 Å². The molecule has 0 unspecified atom stereocenters. The van der Waals surface area contributed by atoms with Crippen molar-refractivity contribution in [3.05, 3.63) is 89.5 Å². The number of sulfonamides is 1. The molecule has 0 aliphatic rings. The van der Waals surface area contributed by atoms with Crippen LogP contribution in [-0.2, 0) is 14.8 Å². The fourth-order valence-corrected chi connectivity index (χ4v) is 5.26. The molecule has 0 aliphatic heterocycles. The van der Waals surface area contributed by atoms with E-state index in [2.05, 4.69) is 29.3 Å². The standard InChI is InChI=1S/C27H32N4O3S/c1-5-30(6-2)24-14-12-23(13-15-24)19-28-29-27(32)20-31(25-17-21(3)16-22(4)18-25)35(33,34)26-10-8-7-9-11-26/h7-19H,5-6,20H2,1-4H3,(H,29,32)/b28-19-. The Labute approximate surface area is 208 Å². The van der Waals surface area contributed by atoms with Crippen LogP contribution in [0.4, 0.5) is 11.4 Å². The van der Waals surface area contributed by atoms with E-state index in [4.69, 9.17) is 0 Å². The second-order valence-corrected chi connectivity index (χ2v) is 10.1. The summed E-state index contributed by atoms with van der Waals surface area (Å²) >= 11 is 0. The van der Waals surface area contributed by atoms with E-state index >= 15 is 0 Å². The molecule has 0 saturated heterocycles. The third kappa shape index (κ3) is 6.70. The highest BCUT2D eigenvalue weighted by atomic mass is 32.2. The summed E-state index contributed by atoms with van der Waals surface area (Å²) < 4.78 is 28.0. The van der Waals surface area contributed by atoms with Crippen molar-refractivity contribution < 1.29 is 13.2 Å². The Balaban J connectivity index is 1.78. The molecule has 0 saturated carbocycles. The molecule has 0 spiro atoms. The Morgan fingerprint density at radius 3 is 2.06 bits per heavy atom. The second kappa shape index (κ2) is 11.7. The van der Waals surface area contributed by atoms with Gasteiger partial charge in [0.05, 0.1) is 16.8 Å². The molecule has 7 nitrogen and oxygen atoms in total. The summed E-state index contributed by atoms with van der Waals surface area (Å²) in [5.74, 6) is -0.542. The van der Waals surface area contributed by atoms with E-state index in [0.29, 0.717) is 5.69 Å². The number of anilines is 2. The summed E-state index contributed by atoms with van der Waals surface area (Å²) in [6.07, 6.45) is 1.54. The molecule has 184 valence electrons. The van der Waals surface area contributed by atoms with Crippen molar-refractivity contribution in [2.45, 2.75) is 32.6 Å². The second-order valence-electron chi connectivity index (χ2n) is 8.23. The lowest BCUT2D eigenvalue weighted by molar-refractivity contribution is -0.119. The fourth-order valence-electron chi connectivity index (χ4n) is 3.83. The van der Waals surface area contributed by atoms with Crippen molar-refractivity contribution >= 4 is 33.5 Å². The summed E-state index contributed by atoms with van der Waals surface area (Å²) in [6, 6.07) is 21.4. The summed E-state index contributed by atoms with van der Waals surface area (Å²) in [7, 11) is -3.96. The number of carbonyl (C=O) groups excluding carboxylic acids is 1. The lowest BCUT2D eigenvalue weighted by Crippen LogP contribution is -2.39. The Bertz CT molecular complexity index is 1250. The van der Waals surface area contributed by atoms with Crippen LogP contribution in [-0.4, -0.2) is 40.2 Å². The van der Waals surface area contributed by atoms with Gasteiger partial charge in [0.15, 0.2) is 0 Å². The first kappa shape index (κ1) is 26.0. The van der Waals surface area contributed by atoms with Crippen LogP contribution in [0.1, 0.15) is 30.5 Å². The molecule has 3 rings (SSSR count). The van der Waals surface area contributed by atoms with Crippen molar-refractivity contribution in [2.75, 3.05) is 28.8 Å². The minimum absolute atomic E-state index is 0.115. The van der Waals surface area contributed by atoms with Crippen LogP contribution < -0.4 is 14.6 Å². The molecule has 1 N–H and O–H groups in total. The van der Waals surface area contributed by atoms with E-state index in [-0.39, 0.29) is 4.90 Å². The van der Waals surface area contributed by atoms with Gasteiger partial charge in [-0.25, -0.2) is 13.8 Å². The number of rotatable bonds is 10. The van der Waals surface area contributed by atoms with Crippen LogP contribution in [0, 0.1) is 13.8 Å². The average Bonchev–Trinajstić information content (AvgIpc) is 2.84. The molecule has 0 atom stereocenters. The van der Waals surface area contributed by atoms with E-state index in [1.807, 2.05) is 44.2 Å². The summed E-state index contributed by atoms with van der Waals surface area (Å²) in [5.41, 5.74) is 6.63. The fraction of sp³-hybridized carbons (Fsp3) is 0.259. The first-order valence-corrected chi connectivity index (χ1v) is 13.0. The normalized spacial score (nSPS) is 11.4. The SMILES string of the molecule is CCN(CC)c1ccc(/C=N\NC(=O)CN(c2cc(C)cc(C)c2)S(=O)(=O)c2ccccc2)cc1. The van der Waals surface area contributed by atoms with Gasteiger partial charge in [-0.1, -0.05) is 36.4 Å². The third-order valence-corrected chi connectivity index (χ3v) is 7.33. The minimum Gasteiger partial charge on any atom is -0.372 e. The zero-order valence-electron chi connectivity index (χ0n) is 20.6. The summed E-state index contributed by atoms with van der Waals surface area (Å²) in [4.78, 5) is 15.1. The predicted octanol–water partition coefficient (Wildman–Crippen LogP) is 4.50. The largest absolute Gasteiger partial charge is 0.372 e. The van der Waals surface area contributed by atoms with Crippen molar-refractivity contribution in [2.24, 2.45) is 5.10 Å². The Morgan fingerprint density at radius 2 is 1.49 bits per heavy atom. The van der Waals surface area contributed by atoms with E-state index in [1.165, 1.54) is 18.3 Å². The Morgan fingerprint density at radius 1 is 0.886 bits per heavy atom. The molecular weight excluding hydrogens is 460 g/mol. The highest BCUT2D eigenvalue weighted by molar-refractivity contribution is 7.92. The molecule has 0 radical (unpaired) electrons. The smallest absolute Gasteiger partial charge is 0.264 e. The molecule has 0 aliphatic carbocycles. The number of hydrogen-bond donors (Lipinski definition) is 1. The number of hydrogen-bond acceptors (Lipinski definition) is 5. The van der Waals surface area contributed by atoms with E-state index in [1.54, 1.807) is 30.3 Å². The molecule has 0 heterocycles. The number of aryl methyl sites for hydroxylation is 2. The predicted molar refractivity (Wildman–Crippen MR) is 143 cm³/mol. The van der Waals surface area contributed by atoms with Crippen molar-refractivity contribution in [1.29, 1.82) is 0 Å². The monoisotopic (exact) mass is 492 g/mol. The molecule has 35 heavy (non-hydrogen) atoms. The highest BCUT2D eigenvalue weighted by Gasteiger charge is 2.27. The maximum Gasteiger partial charge on any atom is 0.264 e. The number of hydrazone groups is 1. The van der Waals surface area contributed by atoms with Gasteiger partial charge < -0.3 is 4.90 Å². The van der Waals surface area contributed by atoms with Gasteiger partial charge in [-0.15, -0.1) is 0 Å². The maximum atomic E-state index is 13.4. The van der Waals surface area contributed by atoms with Crippen LogP contribution in [0.2, 0.25) is 0 Å². The van der Waals surface area contributed by atoms with Gasteiger partial charge in [-0.05, 0) is 80.8 Å². The molecule has 3 aromatic carbocycles. The van der Waals surface area contributed by atoms with Gasteiger partial charge in [0.1, 0.15) is 6.54 Å². The highest BCUT2D eigenvalue weighted by Crippen LogP contribution is 2.25. The molecule has 0 bridgehead atoms. The molecule has 3 aromatic rings. The summed E-state index contributed by atoms with van der Waals surface area (Å²) in [6.45, 7) is 9.42. The number of nitrogens with one attached hydrogen (secondary N) is 1. The van der Waals surface area contributed by atoms with Crippen LogP contribution in [0.15, 0.2) is 82.8 Å². The zero-order valence-corrected chi connectivity index (χ0v) is 21.4. The Kier molecular flexibility index (Phi) is 8.65. The van der Waals surface area contributed by atoms with Crippen LogP contribution >= 0.6 is 0 Å². The number of nitrogens with zero attached hydrogens (tertiary/aromatic N) is 3. The molecule has 0 aromatic heterocycles. The zero-order chi connectivity index (χ0) is 25.4. The lowest BCUT2D eigenvalue weighted by atomic mass is 10.1. The third-order valence-electron chi connectivity index (χ3n) is 5.54. The topological polar surface area (TPSA) is 82.1 Å². The summed E-state index contributed by atoms with van der Waals surface area (Å²) in [5, 5.41) is 4.03. The lowest BCUT2D eigenvalue weighted by Gasteiger charge is -2.24. The van der Waals surface area contributed by atoms with Crippen LogP contribution in [0.5, 0.6) is 0 Å². The quantitative estimate of drug-likeness (QED) is 0.334. The number of carbonyl (C=O) groups is 1. The van der Waals surface area contributed by atoms with E-state index < -0.39 is 22.5 Å². The van der Waals surface area contributed by atoms with Crippen LogP contribution in [0.25, 0.3) is 0 Å². The van der Waals surface area contributed by atoms with Gasteiger partial charge >= 0.3 is 0 Å². The van der Waals surface area contributed by atoms with Gasteiger partial charge in [0, 0.05) is 18.8 Å². The number of benzene rings is 3. The van der Waals surface area contributed by atoms with Crippen molar-refractivity contribution in [1.82, 2.24) is 5.43 Å². The molecule has 0 fully saturated rings. The van der Waals surface area contributed by atoms with Gasteiger partial charge in [0.2, 0.25) is 0 Å². The van der Waals surface area contributed by atoms with Crippen LogP contribution in [0.3, 0.4) is 0 Å². The number of amides is 1. The molecule has 8 heteroatoms. The average molecular weight is 493 g/mol. The van der Waals surface area contributed by atoms with E-state index in [9.17, 15) is 13.2 Å². The Hall–Kier alpha value is -3.65. The van der Waals surface area contributed by atoms with Crippen molar-refractivity contribution in [3.63, 3.8) is 0 Å². The maximum absolute atomic E-state index is 13.4. The first-order chi connectivity index (χ1) is 16.7. The minimum atomic E-state index is -3.96. The first-order valence-electron chi connectivity index (χ1n) is 11.6. The molecular formula is C27H32N4O3S. The van der Waals surface area contributed by atoms with Gasteiger partial charge in [-0.2, -0.15) is 5.10 Å². The van der Waals surface area contributed by atoms with Gasteiger partial charge in [-0.3, -0.25) is 9.10 Å².